The second-order valence-corrected chi connectivity index (χ2v) is 5.81. The fourth-order valence-corrected chi connectivity index (χ4v) is 2.90. The highest BCUT2D eigenvalue weighted by Crippen LogP contribution is 2.25. The third-order valence-electron chi connectivity index (χ3n) is 3.25. The number of rotatable bonds is 8. The minimum Gasteiger partial charge on any atom is -0.311 e. The highest BCUT2D eigenvalue weighted by Gasteiger charge is 2.26. The van der Waals surface area contributed by atoms with Gasteiger partial charge in [-0.2, -0.15) is 0 Å². The monoisotopic (exact) mass is 253 g/mol. The summed E-state index contributed by atoms with van der Waals surface area (Å²) in [4.78, 5) is 8.31. The summed E-state index contributed by atoms with van der Waals surface area (Å²) in [5.74, 6) is 0. The van der Waals surface area contributed by atoms with E-state index in [1.165, 1.54) is 35.8 Å². The normalized spacial score (nSPS) is 15.7. The lowest BCUT2D eigenvalue weighted by molar-refractivity contribution is 0.277. The molecule has 0 saturated heterocycles. The summed E-state index contributed by atoms with van der Waals surface area (Å²) in [6, 6.07) is 0.886. The van der Waals surface area contributed by atoms with E-state index in [1.807, 2.05) is 17.5 Å². The van der Waals surface area contributed by atoms with E-state index >= 15 is 0 Å². The molecule has 0 spiro atoms. The van der Waals surface area contributed by atoms with Gasteiger partial charge in [-0.1, -0.05) is 13.8 Å². The van der Waals surface area contributed by atoms with Crippen LogP contribution in [0.25, 0.3) is 0 Å². The van der Waals surface area contributed by atoms with Crippen molar-refractivity contribution in [3.8, 4) is 0 Å². The maximum atomic E-state index is 4.37. The van der Waals surface area contributed by atoms with Gasteiger partial charge in [0.2, 0.25) is 0 Å². The first kappa shape index (κ1) is 13.0. The number of aromatic nitrogens is 1. The van der Waals surface area contributed by atoms with Crippen LogP contribution in [-0.4, -0.2) is 35.6 Å². The van der Waals surface area contributed by atoms with Crippen molar-refractivity contribution in [1.82, 2.24) is 15.2 Å². The number of nitrogens with one attached hydrogen (secondary N) is 1. The van der Waals surface area contributed by atoms with Crippen LogP contribution in [0.1, 0.15) is 36.6 Å². The van der Waals surface area contributed by atoms with Crippen LogP contribution in [0.5, 0.6) is 0 Å². The molecule has 1 aromatic heterocycles. The van der Waals surface area contributed by atoms with Gasteiger partial charge in [-0.05, 0) is 25.8 Å². The lowest BCUT2D eigenvalue weighted by Gasteiger charge is -2.19. The van der Waals surface area contributed by atoms with Gasteiger partial charge in [0.1, 0.15) is 0 Å². The van der Waals surface area contributed by atoms with E-state index in [0.717, 1.165) is 25.6 Å². The Bertz CT molecular complexity index is 333. The summed E-state index contributed by atoms with van der Waals surface area (Å²) in [5.41, 5.74) is 0. The van der Waals surface area contributed by atoms with E-state index in [1.54, 1.807) is 0 Å². The zero-order valence-electron chi connectivity index (χ0n) is 10.9. The molecule has 17 heavy (non-hydrogen) atoms. The van der Waals surface area contributed by atoms with Crippen molar-refractivity contribution in [2.45, 2.75) is 45.7 Å². The molecule has 0 radical (unpaired) electrons. The van der Waals surface area contributed by atoms with E-state index in [-0.39, 0.29) is 0 Å². The largest absolute Gasteiger partial charge is 0.311 e. The summed E-state index contributed by atoms with van der Waals surface area (Å²) in [5, 5.41) is 4.76. The van der Waals surface area contributed by atoms with Gasteiger partial charge in [0, 0.05) is 36.8 Å². The molecule has 1 heterocycles. The SMILES string of the molecule is CCc1ncc(CNCCN(CC)C2CC2)s1. The Kier molecular flexibility index (Phi) is 4.95. The van der Waals surface area contributed by atoms with Crippen molar-refractivity contribution in [2.24, 2.45) is 0 Å². The van der Waals surface area contributed by atoms with Gasteiger partial charge in [-0.15, -0.1) is 11.3 Å². The summed E-state index contributed by atoms with van der Waals surface area (Å²) >= 11 is 1.83. The maximum absolute atomic E-state index is 4.37. The van der Waals surface area contributed by atoms with Gasteiger partial charge in [0.15, 0.2) is 0 Å². The molecule has 0 unspecified atom stereocenters. The van der Waals surface area contributed by atoms with Gasteiger partial charge in [-0.25, -0.2) is 4.98 Å². The predicted molar refractivity (Wildman–Crippen MR) is 73.5 cm³/mol. The number of aryl methyl sites for hydroxylation is 1. The van der Waals surface area contributed by atoms with Crippen LogP contribution in [0.4, 0.5) is 0 Å². The highest BCUT2D eigenvalue weighted by atomic mass is 32.1. The van der Waals surface area contributed by atoms with Crippen molar-refractivity contribution in [3.05, 3.63) is 16.1 Å². The van der Waals surface area contributed by atoms with E-state index in [4.69, 9.17) is 0 Å². The molecule has 3 nitrogen and oxygen atoms in total. The Labute approximate surface area is 108 Å². The zero-order valence-corrected chi connectivity index (χ0v) is 11.7. The molecule has 1 aromatic rings. The average molecular weight is 253 g/mol. The standard InChI is InChI=1S/C13H23N3S/c1-3-13-15-10-12(17-13)9-14-7-8-16(4-2)11-5-6-11/h10-11,14H,3-9H2,1-2H3. The van der Waals surface area contributed by atoms with E-state index in [9.17, 15) is 0 Å². The molecule has 1 aliphatic carbocycles. The van der Waals surface area contributed by atoms with Gasteiger partial charge < -0.3 is 5.32 Å². The maximum Gasteiger partial charge on any atom is 0.0925 e. The first-order valence-corrected chi connectivity index (χ1v) is 7.53. The molecule has 96 valence electrons. The van der Waals surface area contributed by atoms with Crippen LogP contribution in [0.15, 0.2) is 6.20 Å². The van der Waals surface area contributed by atoms with Crippen molar-refractivity contribution >= 4 is 11.3 Å². The third-order valence-corrected chi connectivity index (χ3v) is 4.39. The molecule has 2 rings (SSSR count). The topological polar surface area (TPSA) is 28.2 Å². The van der Waals surface area contributed by atoms with Crippen LogP contribution >= 0.6 is 11.3 Å². The fraction of sp³-hybridized carbons (Fsp3) is 0.769. The number of likely N-dealkylation sites (N-methyl/N-ethyl adjacent to an activating group) is 1. The van der Waals surface area contributed by atoms with Gasteiger partial charge >= 0.3 is 0 Å². The van der Waals surface area contributed by atoms with Gasteiger partial charge in [0.05, 0.1) is 5.01 Å². The Morgan fingerprint density at radius 2 is 2.29 bits per heavy atom. The Balaban J connectivity index is 1.62. The predicted octanol–water partition coefficient (Wildman–Crippen LogP) is 2.28. The van der Waals surface area contributed by atoms with E-state index in [0.29, 0.717) is 0 Å². The molecule has 1 aliphatic rings. The summed E-state index contributed by atoms with van der Waals surface area (Å²) in [6.45, 7) is 8.84. The molecule has 1 saturated carbocycles. The molecule has 4 heteroatoms. The molecular formula is C13H23N3S. The van der Waals surface area contributed by atoms with E-state index in [2.05, 4.69) is 29.0 Å². The number of hydrogen-bond acceptors (Lipinski definition) is 4. The molecule has 1 fully saturated rings. The number of thiazole rings is 1. The van der Waals surface area contributed by atoms with Crippen LogP contribution in [0.2, 0.25) is 0 Å². The average Bonchev–Trinajstić information content (AvgIpc) is 3.08. The molecule has 0 atom stereocenters. The molecule has 0 amide bonds. The smallest absolute Gasteiger partial charge is 0.0925 e. The Morgan fingerprint density at radius 1 is 1.47 bits per heavy atom. The second kappa shape index (κ2) is 6.47. The van der Waals surface area contributed by atoms with Crippen LogP contribution in [-0.2, 0) is 13.0 Å². The Hall–Kier alpha value is -0.450. The molecule has 0 aliphatic heterocycles. The minimum absolute atomic E-state index is 0.886. The second-order valence-electron chi connectivity index (χ2n) is 4.61. The number of nitrogens with zero attached hydrogens (tertiary/aromatic N) is 2. The van der Waals surface area contributed by atoms with Crippen LogP contribution in [0.3, 0.4) is 0 Å². The first-order valence-electron chi connectivity index (χ1n) is 6.71. The summed E-state index contributed by atoms with van der Waals surface area (Å²) in [7, 11) is 0. The zero-order chi connectivity index (χ0) is 12.1. The lowest BCUT2D eigenvalue weighted by Crippen LogP contribution is -2.33. The van der Waals surface area contributed by atoms with Crippen molar-refractivity contribution in [3.63, 3.8) is 0 Å². The van der Waals surface area contributed by atoms with Crippen LogP contribution < -0.4 is 5.32 Å². The van der Waals surface area contributed by atoms with Crippen molar-refractivity contribution in [2.75, 3.05) is 19.6 Å². The van der Waals surface area contributed by atoms with Crippen molar-refractivity contribution in [1.29, 1.82) is 0 Å². The van der Waals surface area contributed by atoms with Gasteiger partial charge in [-0.3, -0.25) is 4.90 Å². The van der Waals surface area contributed by atoms with E-state index < -0.39 is 0 Å². The molecule has 0 bridgehead atoms. The van der Waals surface area contributed by atoms with Gasteiger partial charge in [0.25, 0.3) is 0 Å². The summed E-state index contributed by atoms with van der Waals surface area (Å²) < 4.78 is 0. The lowest BCUT2D eigenvalue weighted by atomic mass is 10.4. The quantitative estimate of drug-likeness (QED) is 0.720. The third kappa shape index (κ3) is 4.05. The minimum atomic E-state index is 0.886. The van der Waals surface area contributed by atoms with Crippen molar-refractivity contribution < 1.29 is 0 Å². The van der Waals surface area contributed by atoms with Crippen LogP contribution in [0, 0.1) is 0 Å². The summed E-state index contributed by atoms with van der Waals surface area (Å²) in [6.07, 6.45) is 5.87. The molecular weight excluding hydrogens is 230 g/mol. The fourth-order valence-electron chi connectivity index (χ4n) is 2.07. The highest BCUT2D eigenvalue weighted by molar-refractivity contribution is 7.11. The number of hydrogen-bond donors (Lipinski definition) is 1. The molecule has 0 aromatic carbocycles. The molecule has 1 N–H and O–H groups in total. The first-order chi connectivity index (χ1) is 8.33. The Morgan fingerprint density at radius 3 is 2.88 bits per heavy atom.